The summed E-state index contributed by atoms with van der Waals surface area (Å²) in [5, 5.41) is 3.21. The van der Waals surface area contributed by atoms with Gasteiger partial charge in [0.15, 0.2) is 6.10 Å². The molecule has 0 bridgehead atoms. The lowest BCUT2D eigenvalue weighted by atomic mass is 9.96. The van der Waals surface area contributed by atoms with Gasteiger partial charge in [-0.3, -0.25) is 9.78 Å². The first-order chi connectivity index (χ1) is 15.4. The van der Waals surface area contributed by atoms with Crippen LogP contribution in [0.15, 0.2) is 46.9 Å². The largest absolute Gasteiger partial charge is 0.449 e. The van der Waals surface area contributed by atoms with Gasteiger partial charge in [0.25, 0.3) is 5.91 Å². The number of para-hydroxylation sites is 1. The highest BCUT2D eigenvalue weighted by Crippen LogP contribution is 2.29. The summed E-state index contributed by atoms with van der Waals surface area (Å²) in [7, 11) is 1.99. The van der Waals surface area contributed by atoms with Gasteiger partial charge in [-0.25, -0.2) is 9.18 Å². The molecule has 0 saturated heterocycles. The van der Waals surface area contributed by atoms with Crippen molar-refractivity contribution in [3.05, 3.63) is 69.6 Å². The number of pyridine rings is 1. The van der Waals surface area contributed by atoms with Crippen molar-refractivity contribution in [2.75, 3.05) is 18.9 Å². The summed E-state index contributed by atoms with van der Waals surface area (Å²) in [5.74, 6) is -1.73. The molecule has 2 heterocycles. The zero-order valence-corrected chi connectivity index (χ0v) is 19.4. The zero-order valence-electron chi connectivity index (χ0n) is 17.8. The van der Waals surface area contributed by atoms with Gasteiger partial charge in [-0.2, -0.15) is 0 Å². The van der Waals surface area contributed by atoms with Crippen molar-refractivity contribution < 1.29 is 18.7 Å². The normalized spacial score (nSPS) is 14.6. The third kappa shape index (κ3) is 4.52. The van der Waals surface area contributed by atoms with E-state index in [-0.39, 0.29) is 12.1 Å². The Kier molecular flexibility index (Phi) is 6.53. The predicted molar refractivity (Wildman–Crippen MR) is 124 cm³/mol. The number of esters is 1. The van der Waals surface area contributed by atoms with E-state index in [9.17, 15) is 14.0 Å². The second-order valence-corrected chi connectivity index (χ2v) is 8.75. The average Bonchev–Trinajstić information content (AvgIpc) is 2.77. The molecule has 1 aliphatic heterocycles. The summed E-state index contributed by atoms with van der Waals surface area (Å²) in [6.45, 7) is 3.17. The Bertz CT molecular complexity index is 1200. The zero-order chi connectivity index (χ0) is 22.8. The maximum Gasteiger partial charge on any atom is 0.340 e. The van der Waals surface area contributed by atoms with Gasteiger partial charge in [-0.1, -0.05) is 41.1 Å². The number of halogens is 2. The minimum atomic E-state index is -1.06. The van der Waals surface area contributed by atoms with E-state index in [1.807, 2.05) is 31.3 Å². The molecule has 0 spiro atoms. The van der Waals surface area contributed by atoms with Crippen LogP contribution in [0.2, 0.25) is 0 Å². The number of nitrogens with one attached hydrogen (secondary N) is 1. The Hall–Kier alpha value is -2.84. The summed E-state index contributed by atoms with van der Waals surface area (Å²) in [6.07, 6.45) is -0.0763. The van der Waals surface area contributed by atoms with Crippen LogP contribution in [0, 0.1) is 5.82 Å². The van der Waals surface area contributed by atoms with Gasteiger partial charge >= 0.3 is 5.97 Å². The SMILES string of the molecule is CCC(OC(=O)c1c2c(nc3ccccc13)CCN(C)C2)C(=O)Nc1ccc(Br)cc1F. The van der Waals surface area contributed by atoms with E-state index in [4.69, 9.17) is 9.72 Å². The smallest absolute Gasteiger partial charge is 0.340 e. The van der Waals surface area contributed by atoms with Crippen LogP contribution in [-0.4, -0.2) is 41.5 Å². The van der Waals surface area contributed by atoms with E-state index < -0.39 is 23.8 Å². The van der Waals surface area contributed by atoms with Crippen LogP contribution in [0.25, 0.3) is 10.9 Å². The molecular weight excluding hydrogens is 477 g/mol. The first-order valence-corrected chi connectivity index (χ1v) is 11.2. The molecule has 1 atom stereocenters. The molecule has 0 aliphatic carbocycles. The minimum Gasteiger partial charge on any atom is -0.449 e. The average molecular weight is 500 g/mol. The van der Waals surface area contributed by atoms with E-state index >= 15 is 0 Å². The summed E-state index contributed by atoms with van der Waals surface area (Å²) in [4.78, 5) is 33.0. The van der Waals surface area contributed by atoms with Crippen LogP contribution in [-0.2, 0) is 22.5 Å². The van der Waals surface area contributed by atoms with Gasteiger partial charge in [0.1, 0.15) is 5.82 Å². The molecule has 1 aliphatic rings. The maximum absolute atomic E-state index is 14.1. The number of benzene rings is 2. The number of hydrogen-bond acceptors (Lipinski definition) is 5. The van der Waals surface area contributed by atoms with Crippen molar-refractivity contribution in [3.63, 3.8) is 0 Å². The number of nitrogens with zero attached hydrogens (tertiary/aromatic N) is 2. The Morgan fingerprint density at radius 1 is 1.28 bits per heavy atom. The second-order valence-electron chi connectivity index (χ2n) is 7.83. The standard InChI is InChI=1S/C24H23BrFN3O3/c1-3-21(23(30)28-20-9-8-14(25)12-17(20)26)32-24(31)22-15-6-4-5-7-18(15)27-19-10-11-29(2)13-16(19)22/h4-9,12,21H,3,10-11,13H2,1-2H3,(H,28,30). The molecule has 4 rings (SSSR count). The second kappa shape index (κ2) is 9.34. The van der Waals surface area contributed by atoms with Gasteiger partial charge < -0.3 is 15.0 Å². The Morgan fingerprint density at radius 2 is 2.06 bits per heavy atom. The minimum absolute atomic E-state index is 0.0288. The van der Waals surface area contributed by atoms with Gasteiger partial charge in [0.05, 0.1) is 16.8 Å². The molecular formula is C24H23BrFN3O3. The molecule has 1 amide bonds. The summed E-state index contributed by atoms with van der Waals surface area (Å²) in [6, 6.07) is 11.8. The van der Waals surface area contributed by atoms with E-state index in [1.54, 1.807) is 13.0 Å². The third-order valence-electron chi connectivity index (χ3n) is 5.54. The van der Waals surface area contributed by atoms with E-state index in [1.165, 1.54) is 12.1 Å². The molecule has 3 aromatic rings. The van der Waals surface area contributed by atoms with Crippen LogP contribution >= 0.6 is 15.9 Å². The number of rotatable bonds is 5. The van der Waals surface area contributed by atoms with Crippen molar-refractivity contribution in [3.8, 4) is 0 Å². The molecule has 2 aromatic carbocycles. The number of fused-ring (bicyclic) bond motifs is 2. The lowest BCUT2D eigenvalue weighted by Crippen LogP contribution is -2.34. The number of hydrogen-bond donors (Lipinski definition) is 1. The van der Waals surface area contributed by atoms with Crippen molar-refractivity contribution in [1.82, 2.24) is 9.88 Å². The molecule has 32 heavy (non-hydrogen) atoms. The number of ether oxygens (including phenoxy) is 1. The quantitative estimate of drug-likeness (QED) is 0.515. The van der Waals surface area contributed by atoms with Crippen molar-refractivity contribution in [2.24, 2.45) is 0 Å². The van der Waals surface area contributed by atoms with Crippen LogP contribution in [0.5, 0.6) is 0 Å². The third-order valence-corrected chi connectivity index (χ3v) is 6.04. The molecule has 6 nitrogen and oxygen atoms in total. The number of aromatic nitrogens is 1. The van der Waals surface area contributed by atoms with Gasteiger partial charge in [-0.15, -0.1) is 0 Å². The lowest BCUT2D eigenvalue weighted by Gasteiger charge is -2.27. The fourth-order valence-electron chi connectivity index (χ4n) is 3.87. The van der Waals surface area contributed by atoms with Crippen molar-refractivity contribution in [2.45, 2.75) is 32.4 Å². The van der Waals surface area contributed by atoms with Crippen LogP contribution in [0.4, 0.5) is 10.1 Å². The van der Waals surface area contributed by atoms with E-state index in [0.29, 0.717) is 22.0 Å². The number of carbonyl (C=O) groups is 2. The number of amides is 1. The molecule has 0 radical (unpaired) electrons. The first-order valence-electron chi connectivity index (χ1n) is 10.4. The van der Waals surface area contributed by atoms with Crippen LogP contribution in [0.1, 0.15) is 35.0 Å². The fourth-order valence-corrected chi connectivity index (χ4v) is 4.21. The molecule has 1 N–H and O–H groups in total. The first kappa shape index (κ1) is 22.4. The molecule has 166 valence electrons. The number of likely N-dealkylation sites (N-methyl/N-ethyl adjacent to an activating group) is 1. The van der Waals surface area contributed by atoms with Crippen molar-refractivity contribution >= 4 is 44.4 Å². The van der Waals surface area contributed by atoms with E-state index in [0.717, 1.165) is 29.7 Å². The maximum atomic E-state index is 14.1. The van der Waals surface area contributed by atoms with E-state index in [2.05, 4.69) is 26.1 Å². The molecule has 0 fully saturated rings. The summed E-state index contributed by atoms with van der Waals surface area (Å²) < 4.78 is 20.4. The lowest BCUT2D eigenvalue weighted by molar-refractivity contribution is -0.124. The van der Waals surface area contributed by atoms with Crippen LogP contribution < -0.4 is 5.32 Å². The topological polar surface area (TPSA) is 71.5 Å². The molecule has 1 aromatic heterocycles. The summed E-state index contributed by atoms with van der Waals surface area (Å²) in [5.41, 5.74) is 2.90. The summed E-state index contributed by atoms with van der Waals surface area (Å²) >= 11 is 3.19. The van der Waals surface area contributed by atoms with Gasteiger partial charge in [-0.05, 0) is 37.7 Å². The Morgan fingerprint density at radius 3 is 2.81 bits per heavy atom. The van der Waals surface area contributed by atoms with Gasteiger partial charge in [0, 0.05) is 40.6 Å². The van der Waals surface area contributed by atoms with Crippen LogP contribution in [0.3, 0.4) is 0 Å². The molecule has 1 unspecified atom stereocenters. The highest BCUT2D eigenvalue weighted by molar-refractivity contribution is 9.10. The van der Waals surface area contributed by atoms with Crippen molar-refractivity contribution in [1.29, 1.82) is 0 Å². The van der Waals surface area contributed by atoms with Gasteiger partial charge in [0.2, 0.25) is 0 Å². The Labute approximate surface area is 193 Å². The number of anilines is 1. The number of carbonyl (C=O) groups excluding carboxylic acids is 2. The monoisotopic (exact) mass is 499 g/mol. The Balaban J connectivity index is 1.63. The molecule has 0 saturated carbocycles. The predicted octanol–water partition coefficient (Wildman–Crippen LogP) is 4.70. The fraction of sp³-hybridized carbons (Fsp3) is 0.292. The highest BCUT2D eigenvalue weighted by Gasteiger charge is 2.29. The molecule has 8 heteroatoms. The highest BCUT2D eigenvalue weighted by atomic mass is 79.9.